The highest BCUT2D eigenvalue weighted by Gasteiger charge is 2.37. The maximum absolute atomic E-state index is 13.3. The van der Waals surface area contributed by atoms with E-state index in [4.69, 9.17) is 4.74 Å². The van der Waals surface area contributed by atoms with Crippen LogP contribution in [0.3, 0.4) is 0 Å². The lowest BCUT2D eigenvalue weighted by Crippen LogP contribution is -2.28. The fraction of sp³-hybridized carbons (Fsp3) is 0.304. The van der Waals surface area contributed by atoms with Crippen molar-refractivity contribution in [3.05, 3.63) is 54.1 Å². The summed E-state index contributed by atoms with van der Waals surface area (Å²) in [6.45, 7) is 5.02. The minimum absolute atomic E-state index is 0.131. The molecule has 0 spiro atoms. The number of amides is 1. The number of methoxy groups -OCH3 is 1. The first-order valence-electron chi connectivity index (χ1n) is 9.99. The number of nitrogens with zero attached hydrogens (tertiary/aromatic N) is 4. The molecule has 0 saturated carbocycles. The smallest absolute Gasteiger partial charge is 0.264 e. The van der Waals surface area contributed by atoms with Gasteiger partial charge in [0.25, 0.3) is 5.91 Å². The van der Waals surface area contributed by atoms with Crippen molar-refractivity contribution in [3.8, 4) is 5.75 Å². The predicted molar refractivity (Wildman–Crippen MR) is 123 cm³/mol. The number of thiazole rings is 1. The number of rotatable bonds is 7. The van der Waals surface area contributed by atoms with E-state index < -0.39 is 5.92 Å². The average Bonchev–Trinajstić information content (AvgIpc) is 3.32. The Hall–Kier alpha value is -3.06. The van der Waals surface area contributed by atoms with Gasteiger partial charge in [0.15, 0.2) is 0 Å². The molecule has 0 radical (unpaired) electrons. The normalized spacial score (nSPS) is 16.8. The van der Waals surface area contributed by atoms with Gasteiger partial charge >= 0.3 is 0 Å². The van der Waals surface area contributed by atoms with Gasteiger partial charge in [-0.25, -0.2) is 4.98 Å². The summed E-state index contributed by atoms with van der Waals surface area (Å²) in [6, 6.07) is 15.4. The van der Waals surface area contributed by atoms with Gasteiger partial charge in [-0.1, -0.05) is 37.3 Å². The summed E-state index contributed by atoms with van der Waals surface area (Å²) in [6.07, 6.45) is 2.72. The van der Waals surface area contributed by atoms with Crippen molar-refractivity contribution in [2.45, 2.75) is 20.3 Å². The van der Waals surface area contributed by atoms with E-state index in [1.165, 1.54) is 16.3 Å². The number of hydrogen-bond donors (Lipinski definition) is 0. The van der Waals surface area contributed by atoms with E-state index in [0.29, 0.717) is 23.3 Å². The van der Waals surface area contributed by atoms with Gasteiger partial charge in [-0.05, 0) is 54.3 Å². The number of anilines is 1. The Labute approximate surface area is 179 Å². The fourth-order valence-electron chi connectivity index (χ4n) is 3.20. The molecule has 1 aromatic heterocycles. The second kappa shape index (κ2) is 8.75. The molecule has 3 aromatic rings. The minimum Gasteiger partial charge on any atom is -0.497 e. The van der Waals surface area contributed by atoms with Crippen molar-refractivity contribution in [3.63, 3.8) is 0 Å². The van der Waals surface area contributed by atoms with Crippen LogP contribution in [-0.2, 0) is 4.79 Å². The Bertz CT molecular complexity index is 1070. The maximum Gasteiger partial charge on any atom is 0.264 e. The lowest BCUT2D eigenvalue weighted by Gasteiger charge is -2.09. The second-order valence-corrected chi connectivity index (χ2v) is 8.55. The molecule has 1 aliphatic rings. The van der Waals surface area contributed by atoms with Gasteiger partial charge in [-0.2, -0.15) is 10.1 Å². The second-order valence-electron chi connectivity index (χ2n) is 7.54. The quantitative estimate of drug-likeness (QED) is 0.516. The van der Waals surface area contributed by atoms with Crippen molar-refractivity contribution < 1.29 is 9.53 Å². The summed E-state index contributed by atoms with van der Waals surface area (Å²) >= 11 is 1.46. The molecule has 0 aliphatic carbocycles. The first kappa shape index (κ1) is 20.2. The van der Waals surface area contributed by atoms with E-state index in [9.17, 15) is 4.79 Å². The zero-order chi connectivity index (χ0) is 21.1. The van der Waals surface area contributed by atoms with Gasteiger partial charge in [0.1, 0.15) is 11.7 Å². The van der Waals surface area contributed by atoms with Gasteiger partial charge < -0.3 is 4.74 Å². The van der Waals surface area contributed by atoms with Crippen LogP contribution >= 0.6 is 11.3 Å². The number of fused-ring (bicyclic) bond motifs is 1. The summed E-state index contributed by atoms with van der Waals surface area (Å²) in [4.78, 5) is 22.4. The van der Waals surface area contributed by atoms with E-state index in [1.807, 2.05) is 48.5 Å². The monoisotopic (exact) mass is 420 g/mol. The van der Waals surface area contributed by atoms with Crippen LogP contribution in [-0.4, -0.2) is 36.5 Å². The summed E-state index contributed by atoms with van der Waals surface area (Å²) in [7, 11) is 1.63. The number of hydrazone groups is 1. The zero-order valence-electron chi connectivity index (χ0n) is 17.3. The number of para-hydroxylation sites is 1. The highest BCUT2D eigenvalue weighted by molar-refractivity contribution is 7.22. The topological polar surface area (TPSA) is 67.2 Å². The van der Waals surface area contributed by atoms with Crippen LogP contribution in [0, 0.1) is 11.8 Å². The first-order chi connectivity index (χ1) is 14.6. The Kier molecular flexibility index (Phi) is 5.90. The van der Waals surface area contributed by atoms with Gasteiger partial charge in [0, 0.05) is 12.8 Å². The van der Waals surface area contributed by atoms with Crippen molar-refractivity contribution in [1.29, 1.82) is 0 Å². The third-order valence-corrected chi connectivity index (χ3v) is 5.93. The molecule has 1 aliphatic heterocycles. The molecule has 6 nitrogen and oxygen atoms in total. The standard InChI is InChI=1S/C23H24N4O2S/c1-15(2)12-13-24-14-18-21(16-8-10-17(29-3)11-9-16)26-27(22(18)28)23-25-19-6-4-5-7-20(19)30-23/h4-11,14-15,18H,12-13H2,1-3H3. The van der Waals surface area contributed by atoms with Crippen LogP contribution < -0.4 is 9.75 Å². The average molecular weight is 421 g/mol. The third-order valence-electron chi connectivity index (χ3n) is 4.92. The summed E-state index contributed by atoms with van der Waals surface area (Å²) < 4.78 is 6.28. The van der Waals surface area contributed by atoms with Crippen LogP contribution in [0.4, 0.5) is 5.13 Å². The van der Waals surface area contributed by atoms with Gasteiger partial charge in [0.05, 0.1) is 23.0 Å². The lowest BCUT2D eigenvalue weighted by atomic mass is 9.98. The van der Waals surface area contributed by atoms with Crippen molar-refractivity contribution in [1.82, 2.24) is 4.98 Å². The molecule has 0 saturated heterocycles. The Balaban J connectivity index is 1.68. The number of hydrogen-bond acceptors (Lipinski definition) is 6. The minimum atomic E-state index is -0.530. The SMILES string of the molecule is COc1ccc(C2=NN(c3nc4ccccc4s3)C(=O)C2C=NCCC(C)C)cc1. The number of carbonyl (C=O) groups is 1. The van der Waals surface area contributed by atoms with Crippen LogP contribution in [0.15, 0.2) is 58.6 Å². The highest BCUT2D eigenvalue weighted by Crippen LogP contribution is 2.33. The van der Waals surface area contributed by atoms with Crippen molar-refractivity contribution in [2.24, 2.45) is 21.9 Å². The van der Waals surface area contributed by atoms with Crippen molar-refractivity contribution >= 4 is 44.5 Å². The Morgan fingerprint density at radius 2 is 1.97 bits per heavy atom. The molecule has 30 heavy (non-hydrogen) atoms. The number of carbonyl (C=O) groups excluding carboxylic acids is 1. The van der Waals surface area contributed by atoms with Crippen LogP contribution in [0.1, 0.15) is 25.8 Å². The van der Waals surface area contributed by atoms with Crippen LogP contribution in [0.25, 0.3) is 10.2 Å². The molecule has 0 N–H and O–H groups in total. The molecule has 1 unspecified atom stereocenters. The molecule has 1 amide bonds. The van der Waals surface area contributed by atoms with Crippen molar-refractivity contribution in [2.75, 3.05) is 18.7 Å². The number of ether oxygens (including phenoxy) is 1. The molecule has 7 heteroatoms. The largest absolute Gasteiger partial charge is 0.497 e. The summed E-state index contributed by atoms with van der Waals surface area (Å²) in [5.74, 6) is 0.662. The number of aromatic nitrogens is 1. The fourth-order valence-corrected chi connectivity index (χ4v) is 4.12. The van der Waals surface area contributed by atoms with E-state index >= 15 is 0 Å². The summed E-state index contributed by atoms with van der Waals surface area (Å²) in [5, 5.41) is 6.67. The predicted octanol–water partition coefficient (Wildman–Crippen LogP) is 4.79. The van der Waals surface area contributed by atoms with Crippen LogP contribution in [0.5, 0.6) is 5.75 Å². The number of benzene rings is 2. The Morgan fingerprint density at radius 3 is 2.67 bits per heavy atom. The van der Waals surface area contributed by atoms with E-state index in [-0.39, 0.29) is 5.91 Å². The molecule has 0 bridgehead atoms. The molecule has 0 fully saturated rings. The molecule has 154 valence electrons. The Morgan fingerprint density at radius 1 is 1.20 bits per heavy atom. The van der Waals surface area contributed by atoms with E-state index in [1.54, 1.807) is 13.3 Å². The third kappa shape index (κ3) is 4.11. The molecule has 4 rings (SSSR count). The molecular weight excluding hydrogens is 396 g/mol. The molecule has 2 aromatic carbocycles. The lowest BCUT2D eigenvalue weighted by molar-refractivity contribution is -0.118. The molecular formula is C23H24N4O2S. The van der Waals surface area contributed by atoms with Gasteiger partial charge in [-0.3, -0.25) is 9.79 Å². The number of aliphatic imine (C=N–C) groups is 1. The highest BCUT2D eigenvalue weighted by atomic mass is 32.1. The van der Waals surface area contributed by atoms with E-state index in [2.05, 4.69) is 28.9 Å². The summed E-state index contributed by atoms with van der Waals surface area (Å²) in [5.41, 5.74) is 2.41. The first-order valence-corrected chi connectivity index (χ1v) is 10.8. The molecule has 1 atom stereocenters. The van der Waals surface area contributed by atoms with Gasteiger partial charge in [-0.15, -0.1) is 0 Å². The van der Waals surface area contributed by atoms with Crippen LogP contribution in [0.2, 0.25) is 0 Å². The van der Waals surface area contributed by atoms with Gasteiger partial charge in [0.2, 0.25) is 5.13 Å². The zero-order valence-corrected chi connectivity index (χ0v) is 18.1. The van der Waals surface area contributed by atoms with E-state index in [0.717, 1.165) is 28.0 Å². The molecule has 2 heterocycles. The maximum atomic E-state index is 13.3.